The van der Waals surface area contributed by atoms with Gasteiger partial charge in [0, 0.05) is 18.6 Å². The summed E-state index contributed by atoms with van der Waals surface area (Å²) in [5.74, 6) is 0.617. The molecule has 0 bridgehead atoms. The highest BCUT2D eigenvalue weighted by molar-refractivity contribution is 5.93. The van der Waals surface area contributed by atoms with Gasteiger partial charge in [-0.15, -0.1) is 29.9 Å². The first-order valence-corrected chi connectivity index (χ1v) is 10.0. The first kappa shape index (κ1) is 25.1. The van der Waals surface area contributed by atoms with Gasteiger partial charge < -0.3 is 10.6 Å². The van der Waals surface area contributed by atoms with E-state index in [4.69, 9.17) is 0 Å². The molecule has 0 aromatic carbocycles. The Balaban J connectivity index is 0.00000196. The van der Waals surface area contributed by atoms with Crippen LogP contribution in [-0.2, 0) is 0 Å². The third-order valence-corrected chi connectivity index (χ3v) is 5.99. The summed E-state index contributed by atoms with van der Waals surface area (Å²) < 4.78 is 1.94. The average Bonchev–Trinajstić information content (AvgIpc) is 3.02. The van der Waals surface area contributed by atoms with Crippen LogP contribution in [-0.4, -0.2) is 64.1 Å². The van der Waals surface area contributed by atoms with Crippen molar-refractivity contribution in [2.45, 2.75) is 65.0 Å². The van der Waals surface area contributed by atoms with Gasteiger partial charge in [-0.05, 0) is 72.0 Å². The summed E-state index contributed by atoms with van der Waals surface area (Å²) in [4.78, 5) is 15.2. The summed E-state index contributed by atoms with van der Waals surface area (Å²) >= 11 is 0. The molecule has 9 heteroatoms. The van der Waals surface area contributed by atoms with Gasteiger partial charge in [-0.3, -0.25) is 9.69 Å². The number of aromatic nitrogens is 3. The molecule has 1 aromatic rings. The summed E-state index contributed by atoms with van der Waals surface area (Å²) in [5.41, 5.74) is 1.29. The van der Waals surface area contributed by atoms with Crippen molar-refractivity contribution in [2.24, 2.45) is 5.92 Å². The van der Waals surface area contributed by atoms with Crippen LogP contribution in [0.25, 0.3) is 0 Å². The van der Waals surface area contributed by atoms with Gasteiger partial charge in [0.1, 0.15) is 0 Å². The van der Waals surface area contributed by atoms with Gasteiger partial charge in [-0.1, -0.05) is 12.1 Å². The van der Waals surface area contributed by atoms with Crippen LogP contribution in [0.2, 0.25) is 0 Å². The van der Waals surface area contributed by atoms with Crippen LogP contribution < -0.4 is 10.6 Å². The molecule has 0 aliphatic carbocycles. The Bertz CT molecular complexity index is 630. The van der Waals surface area contributed by atoms with Crippen molar-refractivity contribution in [1.29, 1.82) is 0 Å². The number of hydrogen-bond acceptors (Lipinski definition) is 5. The molecule has 2 aliphatic heterocycles. The highest BCUT2D eigenvalue weighted by Gasteiger charge is 2.31. The first-order valence-electron chi connectivity index (χ1n) is 10.0. The second-order valence-electron chi connectivity index (χ2n) is 8.64. The number of halogens is 2. The predicted octanol–water partition coefficient (Wildman–Crippen LogP) is 2.59. The molecule has 2 aliphatic rings. The zero-order valence-electron chi connectivity index (χ0n) is 17.5. The summed E-state index contributed by atoms with van der Waals surface area (Å²) in [6.45, 7) is 13.5. The molecule has 0 spiro atoms. The third-order valence-electron chi connectivity index (χ3n) is 5.99. The van der Waals surface area contributed by atoms with E-state index in [1.807, 2.05) is 11.6 Å². The van der Waals surface area contributed by atoms with Gasteiger partial charge in [0.2, 0.25) is 0 Å². The summed E-state index contributed by atoms with van der Waals surface area (Å²) in [5, 5.41) is 14.9. The number of rotatable bonds is 5. The van der Waals surface area contributed by atoms with E-state index in [1.54, 1.807) is 0 Å². The fourth-order valence-corrected chi connectivity index (χ4v) is 4.18. The molecule has 162 valence electrons. The molecule has 2 saturated heterocycles. The molecule has 7 nitrogen and oxygen atoms in total. The molecule has 1 aromatic heterocycles. The van der Waals surface area contributed by atoms with Crippen molar-refractivity contribution in [1.82, 2.24) is 30.5 Å². The minimum Gasteiger partial charge on any atom is -0.349 e. The molecule has 0 saturated carbocycles. The number of piperidine rings is 2. The average molecular weight is 435 g/mol. The number of nitrogens with one attached hydrogen (secondary N) is 2. The first-order chi connectivity index (χ1) is 12.4. The SMILES string of the molecule is Cc1c(C(=O)NCC(C)(C)N2CCCC(C)C2)nnn1C1CCNCC1.Cl.Cl. The number of carbonyl (C=O) groups is 1. The Kier molecular flexibility index (Phi) is 9.67. The Hall–Kier alpha value is -0.890. The van der Waals surface area contributed by atoms with Crippen LogP contribution in [0.3, 0.4) is 0 Å². The Morgan fingerprint density at radius 3 is 2.57 bits per heavy atom. The van der Waals surface area contributed by atoms with Crippen LogP contribution in [0.5, 0.6) is 0 Å². The maximum absolute atomic E-state index is 12.7. The normalized spacial score (nSPS) is 21.5. The molecule has 1 atom stereocenters. The van der Waals surface area contributed by atoms with Gasteiger partial charge in [0.15, 0.2) is 5.69 Å². The van der Waals surface area contributed by atoms with E-state index in [1.165, 1.54) is 12.8 Å². The standard InChI is InChI=1S/C19H34N6O.2ClH/c1-14-6-5-11-24(12-14)19(3,4)13-21-18(26)17-15(2)25(23-22-17)16-7-9-20-10-8-16;;/h14,16,20H,5-13H2,1-4H3,(H,21,26);2*1H. The second-order valence-corrected chi connectivity index (χ2v) is 8.64. The van der Waals surface area contributed by atoms with Crippen molar-refractivity contribution in [3.8, 4) is 0 Å². The molecule has 3 heterocycles. The molecule has 3 rings (SSSR count). The van der Waals surface area contributed by atoms with Crippen LogP contribution in [0.4, 0.5) is 0 Å². The highest BCUT2D eigenvalue weighted by atomic mass is 35.5. The number of carbonyl (C=O) groups excluding carboxylic acids is 1. The minimum atomic E-state index is -0.110. The molecule has 28 heavy (non-hydrogen) atoms. The van der Waals surface area contributed by atoms with E-state index in [0.29, 0.717) is 18.3 Å². The Labute approximate surface area is 181 Å². The molecule has 2 fully saturated rings. The maximum atomic E-state index is 12.7. The van der Waals surface area contributed by atoms with Crippen molar-refractivity contribution in [3.63, 3.8) is 0 Å². The third kappa shape index (κ3) is 5.81. The molecule has 2 N–H and O–H groups in total. The molecule has 1 unspecified atom stereocenters. The van der Waals surface area contributed by atoms with Crippen molar-refractivity contribution >= 4 is 30.7 Å². The summed E-state index contributed by atoms with van der Waals surface area (Å²) in [7, 11) is 0. The zero-order chi connectivity index (χ0) is 18.7. The van der Waals surface area contributed by atoms with Crippen molar-refractivity contribution in [2.75, 3.05) is 32.7 Å². The Morgan fingerprint density at radius 2 is 1.93 bits per heavy atom. The summed E-state index contributed by atoms with van der Waals surface area (Å²) in [6, 6.07) is 0.344. The molecule has 1 amide bonds. The Morgan fingerprint density at radius 1 is 1.25 bits per heavy atom. The smallest absolute Gasteiger partial charge is 0.273 e. The van der Waals surface area contributed by atoms with Gasteiger partial charge in [-0.2, -0.15) is 0 Å². The monoisotopic (exact) mass is 434 g/mol. The number of amides is 1. The number of nitrogens with zero attached hydrogens (tertiary/aromatic N) is 4. The zero-order valence-corrected chi connectivity index (χ0v) is 19.2. The van der Waals surface area contributed by atoms with Gasteiger partial charge in [-0.25, -0.2) is 4.68 Å². The van der Waals surface area contributed by atoms with E-state index in [0.717, 1.165) is 50.6 Å². The number of likely N-dealkylation sites (tertiary alicyclic amines) is 1. The van der Waals surface area contributed by atoms with E-state index >= 15 is 0 Å². The van der Waals surface area contributed by atoms with Gasteiger partial charge in [0.25, 0.3) is 5.91 Å². The highest BCUT2D eigenvalue weighted by Crippen LogP contribution is 2.24. The molecule has 0 radical (unpaired) electrons. The van der Waals surface area contributed by atoms with Crippen LogP contribution in [0.1, 0.15) is 68.7 Å². The number of hydrogen-bond donors (Lipinski definition) is 2. The molecular formula is C19H36Cl2N6O. The largest absolute Gasteiger partial charge is 0.349 e. The van der Waals surface area contributed by atoms with Crippen molar-refractivity contribution in [3.05, 3.63) is 11.4 Å². The lowest BCUT2D eigenvalue weighted by Crippen LogP contribution is -2.54. The van der Waals surface area contributed by atoms with Crippen LogP contribution in [0.15, 0.2) is 0 Å². The lowest BCUT2D eigenvalue weighted by molar-refractivity contribution is 0.0655. The minimum absolute atomic E-state index is 0. The van der Waals surface area contributed by atoms with Crippen molar-refractivity contribution < 1.29 is 4.79 Å². The molecular weight excluding hydrogens is 399 g/mol. The maximum Gasteiger partial charge on any atom is 0.273 e. The lowest BCUT2D eigenvalue weighted by atomic mass is 9.93. The van der Waals surface area contributed by atoms with Crippen LogP contribution >= 0.6 is 24.8 Å². The predicted molar refractivity (Wildman–Crippen MR) is 117 cm³/mol. The van der Waals surface area contributed by atoms with E-state index < -0.39 is 0 Å². The van der Waals surface area contributed by atoms with Crippen LogP contribution in [0, 0.1) is 12.8 Å². The van der Waals surface area contributed by atoms with E-state index in [-0.39, 0.29) is 36.3 Å². The fourth-order valence-electron chi connectivity index (χ4n) is 4.18. The topological polar surface area (TPSA) is 75.1 Å². The van der Waals surface area contributed by atoms with Gasteiger partial charge in [0.05, 0.1) is 11.7 Å². The fraction of sp³-hybridized carbons (Fsp3) is 0.842. The quantitative estimate of drug-likeness (QED) is 0.744. The summed E-state index contributed by atoms with van der Waals surface area (Å²) in [6.07, 6.45) is 4.61. The van der Waals surface area contributed by atoms with Gasteiger partial charge >= 0.3 is 0 Å². The lowest BCUT2D eigenvalue weighted by Gasteiger charge is -2.43. The second kappa shape index (κ2) is 10.8. The van der Waals surface area contributed by atoms with E-state index in [2.05, 4.69) is 46.6 Å². The van der Waals surface area contributed by atoms with E-state index in [9.17, 15) is 4.79 Å².